The molecule has 6 nitrogen and oxygen atoms in total. The number of pyridine rings is 2. The lowest BCUT2D eigenvalue weighted by atomic mass is 10.1. The summed E-state index contributed by atoms with van der Waals surface area (Å²) < 4.78 is 1.91. The Kier molecular flexibility index (Phi) is 4.64. The van der Waals surface area contributed by atoms with Gasteiger partial charge >= 0.3 is 0 Å². The third kappa shape index (κ3) is 3.32. The van der Waals surface area contributed by atoms with Crippen molar-refractivity contribution in [2.24, 2.45) is 0 Å². The predicted octanol–water partition coefficient (Wildman–Crippen LogP) is 3.34. The minimum Gasteiger partial charge on any atom is -0.296 e. The molecule has 5 heterocycles. The van der Waals surface area contributed by atoms with Gasteiger partial charge < -0.3 is 0 Å². The number of aromatic nitrogens is 4. The van der Waals surface area contributed by atoms with Crippen molar-refractivity contribution < 1.29 is 0 Å². The van der Waals surface area contributed by atoms with Gasteiger partial charge in [-0.25, -0.2) is 4.52 Å². The molecule has 0 amide bonds. The van der Waals surface area contributed by atoms with Crippen LogP contribution in [0.4, 0.5) is 0 Å². The molecule has 1 saturated heterocycles. The van der Waals surface area contributed by atoms with Gasteiger partial charge in [-0.1, -0.05) is 17.3 Å². The Balaban J connectivity index is 1.41. The summed E-state index contributed by atoms with van der Waals surface area (Å²) in [6.07, 6.45) is 5.85. The van der Waals surface area contributed by atoms with Crippen LogP contribution >= 0.6 is 11.3 Å². The van der Waals surface area contributed by atoms with Crippen molar-refractivity contribution in [3.63, 3.8) is 0 Å². The second-order valence-electron chi connectivity index (χ2n) is 7.33. The van der Waals surface area contributed by atoms with Crippen LogP contribution in [0, 0.1) is 0 Å². The molecule has 1 aliphatic heterocycles. The summed E-state index contributed by atoms with van der Waals surface area (Å²) in [5.41, 5.74) is 5.77. The van der Waals surface area contributed by atoms with Gasteiger partial charge in [0, 0.05) is 50.3 Å². The highest BCUT2D eigenvalue weighted by Crippen LogP contribution is 2.28. The lowest BCUT2D eigenvalue weighted by molar-refractivity contribution is 0.0889. The van der Waals surface area contributed by atoms with Crippen LogP contribution in [0.25, 0.3) is 16.6 Å². The molecule has 0 unspecified atom stereocenters. The summed E-state index contributed by atoms with van der Waals surface area (Å²) in [5, 5.41) is 13.2. The standard InChI is InChI=1S/C21H22N6S/c1-25-8-9-26(12-16-3-2-7-22-11-16)14-20(25)21-19-5-4-17(13-27(19)24-23-21)18-6-10-28-15-18/h2-7,10-11,13,15,20H,8-9,12,14H2,1H3/t20-/m0/s1. The molecular formula is C21H22N6S. The zero-order valence-electron chi connectivity index (χ0n) is 15.8. The molecule has 142 valence electrons. The van der Waals surface area contributed by atoms with Crippen LogP contribution in [0.5, 0.6) is 0 Å². The molecule has 5 rings (SSSR count). The topological polar surface area (TPSA) is 49.6 Å². The number of likely N-dealkylation sites (N-methyl/N-ethyl adjacent to an activating group) is 1. The number of hydrogen-bond donors (Lipinski definition) is 0. The highest BCUT2D eigenvalue weighted by molar-refractivity contribution is 7.08. The fourth-order valence-corrected chi connectivity index (χ4v) is 4.53. The first kappa shape index (κ1) is 17.5. The molecule has 4 aromatic rings. The normalized spacial score (nSPS) is 18.7. The first-order valence-electron chi connectivity index (χ1n) is 9.47. The Morgan fingerprint density at radius 2 is 2.11 bits per heavy atom. The van der Waals surface area contributed by atoms with Crippen LogP contribution in [0.15, 0.2) is 59.7 Å². The lowest BCUT2D eigenvalue weighted by Gasteiger charge is -2.38. The van der Waals surface area contributed by atoms with Gasteiger partial charge in [-0.15, -0.1) is 5.10 Å². The first-order valence-corrected chi connectivity index (χ1v) is 10.4. The van der Waals surface area contributed by atoms with E-state index in [9.17, 15) is 0 Å². The van der Waals surface area contributed by atoms with Gasteiger partial charge in [-0.3, -0.25) is 14.8 Å². The fourth-order valence-electron chi connectivity index (χ4n) is 3.87. The molecule has 0 spiro atoms. The van der Waals surface area contributed by atoms with E-state index in [-0.39, 0.29) is 6.04 Å². The molecule has 1 atom stereocenters. The summed E-state index contributed by atoms with van der Waals surface area (Å²) in [4.78, 5) is 9.11. The van der Waals surface area contributed by atoms with E-state index in [0.717, 1.165) is 37.4 Å². The largest absolute Gasteiger partial charge is 0.296 e. The Bertz CT molecular complexity index is 1060. The van der Waals surface area contributed by atoms with E-state index in [4.69, 9.17) is 0 Å². The van der Waals surface area contributed by atoms with Crippen LogP contribution in [-0.2, 0) is 6.54 Å². The van der Waals surface area contributed by atoms with Gasteiger partial charge in [0.25, 0.3) is 0 Å². The molecule has 0 radical (unpaired) electrons. The third-order valence-corrected chi connectivity index (χ3v) is 6.15. The minimum atomic E-state index is 0.231. The molecule has 1 fully saturated rings. The molecule has 7 heteroatoms. The molecule has 0 aliphatic carbocycles. The van der Waals surface area contributed by atoms with Crippen LogP contribution < -0.4 is 0 Å². The minimum absolute atomic E-state index is 0.231. The van der Waals surface area contributed by atoms with E-state index in [2.05, 4.69) is 73.4 Å². The molecule has 28 heavy (non-hydrogen) atoms. The summed E-state index contributed by atoms with van der Waals surface area (Å²) in [7, 11) is 2.18. The Morgan fingerprint density at radius 1 is 1.14 bits per heavy atom. The molecule has 1 aliphatic rings. The van der Waals surface area contributed by atoms with Crippen molar-refractivity contribution in [2.45, 2.75) is 12.6 Å². The Morgan fingerprint density at radius 3 is 2.93 bits per heavy atom. The van der Waals surface area contributed by atoms with Gasteiger partial charge in [0.15, 0.2) is 0 Å². The predicted molar refractivity (Wildman–Crippen MR) is 111 cm³/mol. The van der Waals surface area contributed by atoms with Crippen molar-refractivity contribution in [1.82, 2.24) is 29.6 Å². The van der Waals surface area contributed by atoms with Gasteiger partial charge in [0.1, 0.15) is 5.69 Å². The second-order valence-corrected chi connectivity index (χ2v) is 8.11. The van der Waals surface area contributed by atoms with Gasteiger partial charge in [0.05, 0.1) is 11.6 Å². The van der Waals surface area contributed by atoms with E-state index in [1.807, 2.05) is 23.0 Å². The molecule has 0 bridgehead atoms. The summed E-state index contributed by atoms with van der Waals surface area (Å²) in [6.45, 7) is 3.91. The van der Waals surface area contributed by atoms with Gasteiger partial charge in [-0.05, 0) is 47.1 Å². The highest BCUT2D eigenvalue weighted by atomic mass is 32.1. The van der Waals surface area contributed by atoms with Crippen molar-refractivity contribution >= 4 is 16.9 Å². The van der Waals surface area contributed by atoms with E-state index in [1.165, 1.54) is 16.7 Å². The van der Waals surface area contributed by atoms with Crippen molar-refractivity contribution in [3.8, 4) is 11.1 Å². The average molecular weight is 391 g/mol. The molecule has 0 saturated carbocycles. The van der Waals surface area contributed by atoms with E-state index < -0.39 is 0 Å². The van der Waals surface area contributed by atoms with E-state index in [1.54, 1.807) is 11.3 Å². The summed E-state index contributed by atoms with van der Waals surface area (Å²) in [6, 6.07) is 10.8. The van der Waals surface area contributed by atoms with Gasteiger partial charge in [-0.2, -0.15) is 11.3 Å². The first-order chi connectivity index (χ1) is 13.8. The van der Waals surface area contributed by atoms with Crippen molar-refractivity contribution in [1.29, 1.82) is 0 Å². The quantitative estimate of drug-likeness (QED) is 0.535. The highest BCUT2D eigenvalue weighted by Gasteiger charge is 2.29. The third-order valence-electron chi connectivity index (χ3n) is 5.47. The van der Waals surface area contributed by atoms with E-state index in [0.29, 0.717) is 0 Å². The number of fused-ring (bicyclic) bond motifs is 1. The second kappa shape index (κ2) is 7.43. The lowest BCUT2D eigenvalue weighted by Crippen LogP contribution is -2.46. The fraction of sp³-hybridized carbons (Fsp3) is 0.286. The van der Waals surface area contributed by atoms with Crippen molar-refractivity contribution in [3.05, 3.63) is 70.9 Å². The van der Waals surface area contributed by atoms with Crippen molar-refractivity contribution in [2.75, 3.05) is 26.7 Å². The zero-order valence-corrected chi connectivity index (χ0v) is 16.6. The van der Waals surface area contributed by atoms with Crippen LogP contribution in [-0.4, -0.2) is 56.3 Å². The number of thiophene rings is 1. The monoisotopic (exact) mass is 390 g/mol. The summed E-state index contributed by atoms with van der Waals surface area (Å²) in [5.74, 6) is 0. The molecule has 4 aromatic heterocycles. The maximum Gasteiger partial charge on any atom is 0.109 e. The zero-order chi connectivity index (χ0) is 18.9. The number of piperazine rings is 1. The smallest absolute Gasteiger partial charge is 0.109 e. The average Bonchev–Trinajstić information content (AvgIpc) is 3.40. The Labute approximate surface area is 168 Å². The molecule has 0 aromatic carbocycles. The Hall–Kier alpha value is -2.61. The van der Waals surface area contributed by atoms with Crippen LogP contribution in [0.1, 0.15) is 17.3 Å². The summed E-state index contributed by atoms with van der Waals surface area (Å²) >= 11 is 1.71. The van der Waals surface area contributed by atoms with Crippen LogP contribution in [0.2, 0.25) is 0 Å². The number of nitrogens with zero attached hydrogens (tertiary/aromatic N) is 6. The number of hydrogen-bond acceptors (Lipinski definition) is 6. The molecular weight excluding hydrogens is 368 g/mol. The SMILES string of the molecule is CN1CCN(Cc2cccnc2)C[C@H]1c1nnn2cc(-c3ccsc3)ccc12. The van der Waals surface area contributed by atoms with E-state index >= 15 is 0 Å². The maximum atomic E-state index is 4.57. The van der Waals surface area contributed by atoms with Crippen LogP contribution in [0.3, 0.4) is 0 Å². The number of rotatable bonds is 4. The maximum absolute atomic E-state index is 4.57. The van der Waals surface area contributed by atoms with Gasteiger partial charge in [0.2, 0.25) is 0 Å². The molecule has 0 N–H and O–H groups in total.